The van der Waals surface area contributed by atoms with Crippen LogP contribution in [0.5, 0.6) is 0 Å². The predicted octanol–water partition coefficient (Wildman–Crippen LogP) is 1.95. The van der Waals surface area contributed by atoms with Crippen molar-refractivity contribution in [2.75, 3.05) is 12.8 Å². The van der Waals surface area contributed by atoms with Gasteiger partial charge in [0.2, 0.25) is 10.0 Å². The van der Waals surface area contributed by atoms with Gasteiger partial charge < -0.3 is 4.57 Å². The molecular formula is C16H16BrN3O3S2. The maximum atomic E-state index is 12.6. The molecule has 1 amide bonds. The number of carbonyl (C=O) groups is 1. The van der Waals surface area contributed by atoms with Gasteiger partial charge in [0.25, 0.3) is 5.91 Å². The lowest BCUT2D eigenvalue weighted by Gasteiger charge is -2.18. The molecule has 132 valence electrons. The number of halogens is 1. The number of amides is 1. The van der Waals surface area contributed by atoms with Crippen LogP contribution in [0.3, 0.4) is 0 Å². The monoisotopic (exact) mass is 441 g/mol. The fourth-order valence-electron chi connectivity index (χ4n) is 2.93. The molecule has 1 atom stereocenters. The Hall–Kier alpha value is -1.47. The van der Waals surface area contributed by atoms with Gasteiger partial charge in [-0.2, -0.15) is 9.30 Å². The van der Waals surface area contributed by atoms with Gasteiger partial charge >= 0.3 is 0 Å². The molecule has 9 heteroatoms. The molecular weight excluding hydrogens is 426 g/mol. The van der Waals surface area contributed by atoms with Gasteiger partial charge in [-0.05, 0) is 31.0 Å². The number of aromatic nitrogens is 1. The Kier molecular flexibility index (Phi) is 5.16. The van der Waals surface area contributed by atoms with Gasteiger partial charge in [-0.15, -0.1) is 6.42 Å². The Morgan fingerprint density at radius 2 is 2.28 bits per heavy atom. The molecule has 2 heterocycles. The zero-order valence-corrected chi connectivity index (χ0v) is 16.7. The van der Waals surface area contributed by atoms with E-state index in [0.29, 0.717) is 24.2 Å². The topological polar surface area (TPSA) is 71.7 Å². The Labute approximate surface area is 158 Å². The first-order valence-corrected chi connectivity index (χ1v) is 11.0. The molecule has 1 aliphatic rings. The SMILES string of the molecule is C#CCn1c(=NC(=O)C2CCCN2S(C)(=O)=O)sc2cc(Br)ccc21. The third kappa shape index (κ3) is 3.72. The minimum absolute atomic E-state index is 0.286. The van der Waals surface area contributed by atoms with E-state index in [-0.39, 0.29) is 6.54 Å². The standard InChI is InChI=1S/C16H16BrN3O3S2/c1-3-8-19-12-7-6-11(17)10-14(12)24-16(19)18-15(21)13-5-4-9-20(13)25(2,22)23/h1,6-7,10,13H,4-5,8-9H2,2H3. The summed E-state index contributed by atoms with van der Waals surface area (Å²) < 4.78 is 28.6. The zero-order valence-electron chi connectivity index (χ0n) is 13.5. The molecule has 2 aromatic rings. The highest BCUT2D eigenvalue weighted by atomic mass is 79.9. The number of hydrogen-bond donors (Lipinski definition) is 0. The van der Waals surface area contributed by atoms with E-state index in [9.17, 15) is 13.2 Å². The number of thiazole rings is 1. The van der Waals surface area contributed by atoms with Crippen LogP contribution in [0.25, 0.3) is 10.2 Å². The minimum Gasteiger partial charge on any atom is -0.305 e. The molecule has 0 radical (unpaired) electrons. The fourth-order valence-corrected chi connectivity index (χ4v) is 5.63. The number of sulfonamides is 1. The third-order valence-electron chi connectivity index (χ3n) is 4.01. The Bertz CT molecular complexity index is 1050. The summed E-state index contributed by atoms with van der Waals surface area (Å²) in [5.41, 5.74) is 0.893. The first kappa shape index (κ1) is 18.3. The predicted molar refractivity (Wildman–Crippen MR) is 101 cm³/mol. The highest BCUT2D eigenvalue weighted by Gasteiger charge is 2.36. The van der Waals surface area contributed by atoms with Gasteiger partial charge in [-0.25, -0.2) is 8.42 Å². The molecule has 1 aliphatic heterocycles. The number of benzene rings is 1. The normalized spacial score (nSPS) is 19.4. The highest BCUT2D eigenvalue weighted by Crippen LogP contribution is 2.23. The molecule has 1 saturated heterocycles. The number of carbonyl (C=O) groups excluding carboxylic acids is 1. The molecule has 0 saturated carbocycles. The van der Waals surface area contributed by atoms with Gasteiger partial charge in [-0.1, -0.05) is 33.2 Å². The van der Waals surface area contributed by atoms with Crippen molar-refractivity contribution in [2.24, 2.45) is 4.99 Å². The highest BCUT2D eigenvalue weighted by molar-refractivity contribution is 9.10. The molecule has 6 nitrogen and oxygen atoms in total. The summed E-state index contributed by atoms with van der Waals surface area (Å²) in [6, 6.07) is 5.02. The molecule has 25 heavy (non-hydrogen) atoms. The zero-order chi connectivity index (χ0) is 18.2. The summed E-state index contributed by atoms with van der Waals surface area (Å²) in [7, 11) is -3.43. The van der Waals surface area contributed by atoms with E-state index >= 15 is 0 Å². The Morgan fingerprint density at radius 3 is 2.96 bits per heavy atom. The lowest BCUT2D eigenvalue weighted by Crippen LogP contribution is -2.39. The van der Waals surface area contributed by atoms with Crippen molar-refractivity contribution < 1.29 is 13.2 Å². The van der Waals surface area contributed by atoms with E-state index in [2.05, 4.69) is 26.8 Å². The summed E-state index contributed by atoms with van der Waals surface area (Å²) in [5.74, 6) is 2.13. The van der Waals surface area contributed by atoms with Gasteiger partial charge in [0.1, 0.15) is 6.04 Å². The van der Waals surface area contributed by atoms with Crippen LogP contribution in [0, 0.1) is 12.3 Å². The number of hydrogen-bond acceptors (Lipinski definition) is 4. The van der Waals surface area contributed by atoms with Crippen molar-refractivity contribution >= 4 is 53.4 Å². The van der Waals surface area contributed by atoms with Crippen LogP contribution >= 0.6 is 27.3 Å². The molecule has 0 N–H and O–H groups in total. The van der Waals surface area contributed by atoms with Gasteiger partial charge in [0.05, 0.1) is 23.0 Å². The minimum atomic E-state index is -3.43. The van der Waals surface area contributed by atoms with Crippen LogP contribution in [0.1, 0.15) is 12.8 Å². The van der Waals surface area contributed by atoms with Gasteiger partial charge in [-0.3, -0.25) is 4.79 Å². The third-order valence-corrected chi connectivity index (χ3v) is 6.84. The van der Waals surface area contributed by atoms with Crippen LogP contribution in [-0.2, 0) is 21.4 Å². The van der Waals surface area contributed by atoms with Crippen molar-refractivity contribution in [3.8, 4) is 12.3 Å². The van der Waals surface area contributed by atoms with Crippen molar-refractivity contribution in [3.05, 3.63) is 27.5 Å². The van der Waals surface area contributed by atoms with E-state index in [0.717, 1.165) is 20.9 Å². The smallest absolute Gasteiger partial charge is 0.266 e. The Balaban J connectivity index is 2.07. The first-order valence-electron chi connectivity index (χ1n) is 7.59. The van der Waals surface area contributed by atoms with Crippen LogP contribution in [0.4, 0.5) is 0 Å². The molecule has 1 aromatic heterocycles. The second-order valence-electron chi connectivity index (χ2n) is 5.77. The van der Waals surface area contributed by atoms with E-state index in [4.69, 9.17) is 6.42 Å². The molecule has 0 spiro atoms. The number of rotatable bonds is 3. The number of nitrogens with zero attached hydrogens (tertiary/aromatic N) is 3. The lowest BCUT2D eigenvalue weighted by atomic mass is 10.2. The maximum Gasteiger partial charge on any atom is 0.266 e. The van der Waals surface area contributed by atoms with Gasteiger partial charge in [0, 0.05) is 11.0 Å². The number of fused-ring (bicyclic) bond motifs is 1. The molecule has 3 rings (SSSR count). The summed E-state index contributed by atoms with van der Waals surface area (Å²) in [6.07, 6.45) is 7.71. The summed E-state index contributed by atoms with van der Waals surface area (Å²) >= 11 is 4.78. The van der Waals surface area contributed by atoms with E-state index in [1.54, 1.807) is 4.57 Å². The Morgan fingerprint density at radius 1 is 1.52 bits per heavy atom. The van der Waals surface area contributed by atoms with Crippen molar-refractivity contribution in [1.82, 2.24) is 8.87 Å². The largest absolute Gasteiger partial charge is 0.305 e. The van der Waals surface area contributed by atoms with Crippen LogP contribution in [0.15, 0.2) is 27.7 Å². The van der Waals surface area contributed by atoms with E-state index < -0.39 is 22.0 Å². The van der Waals surface area contributed by atoms with E-state index in [1.165, 1.54) is 15.6 Å². The molecule has 1 unspecified atom stereocenters. The average molecular weight is 442 g/mol. The quantitative estimate of drug-likeness (QED) is 0.683. The van der Waals surface area contributed by atoms with Crippen LogP contribution < -0.4 is 4.80 Å². The van der Waals surface area contributed by atoms with Crippen LogP contribution in [0.2, 0.25) is 0 Å². The lowest BCUT2D eigenvalue weighted by molar-refractivity contribution is -0.121. The molecule has 1 aromatic carbocycles. The molecule has 0 aliphatic carbocycles. The first-order chi connectivity index (χ1) is 11.8. The number of terminal acetylenes is 1. The molecule has 0 bridgehead atoms. The summed E-state index contributed by atoms with van der Waals surface area (Å²) in [4.78, 5) is 17.3. The van der Waals surface area contributed by atoms with Crippen LogP contribution in [-0.4, -0.2) is 42.0 Å². The van der Waals surface area contributed by atoms with Crippen molar-refractivity contribution in [1.29, 1.82) is 0 Å². The van der Waals surface area contributed by atoms with Gasteiger partial charge in [0.15, 0.2) is 4.80 Å². The summed E-state index contributed by atoms with van der Waals surface area (Å²) in [6.45, 7) is 0.642. The maximum absolute atomic E-state index is 12.6. The summed E-state index contributed by atoms with van der Waals surface area (Å²) in [5, 5.41) is 0. The molecule has 1 fully saturated rings. The second kappa shape index (κ2) is 7.03. The van der Waals surface area contributed by atoms with Crippen molar-refractivity contribution in [3.63, 3.8) is 0 Å². The second-order valence-corrected chi connectivity index (χ2v) is 9.63. The van der Waals surface area contributed by atoms with E-state index in [1.807, 2.05) is 18.2 Å². The fraction of sp³-hybridized carbons (Fsp3) is 0.375. The van der Waals surface area contributed by atoms with Crippen molar-refractivity contribution in [2.45, 2.75) is 25.4 Å². The average Bonchev–Trinajstić information content (AvgIpc) is 3.13.